The van der Waals surface area contributed by atoms with Gasteiger partial charge >= 0.3 is 0 Å². The third-order valence-corrected chi connectivity index (χ3v) is 4.24. The van der Waals surface area contributed by atoms with E-state index in [0.717, 1.165) is 12.0 Å². The first-order chi connectivity index (χ1) is 11.6. The zero-order valence-electron chi connectivity index (χ0n) is 13.3. The van der Waals surface area contributed by atoms with Crippen molar-refractivity contribution in [1.29, 1.82) is 0 Å². The highest BCUT2D eigenvalue weighted by molar-refractivity contribution is 5.98. The van der Waals surface area contributed by atoms with E-state index in [0.29, 0.717) is 25.1 Å². The summed E-state index contributed by atoms with van der Waals surface area (Å²) < 4.78 is 0. The van der Waals surface area contributed by atoms with Crippen molar-refractivity contribution in [1.82, 2.24) is 4.90 Å². The van der Waals surface area contributed by atoms with Crippen molar-refractivity contribution < 1.29 is 14.7 Å². The lowest BCUT2D eigenvalue weighted by Crippen LogP contribution is -2.43. The first kappa shape index (κ1) is 16.1. The van der Waals surface area contributed by atoms with Crippen LogP contribution in [0.4, 0.5) is 5.69 Å². The van der Waals surface area contributed by atoms with E-state index in [2.05, 4.69) is 5.32 Å². The van der Waals surface area contributed by atoms with Crippen molar-refractivity contribution in [2.75, 3.05) is 11.9 Å². The lowest BCUT2D eigenvalue weighted by atomic mass is 10.1. The fourth-order valence-electron chi connectivity index (χ4n) is 3.01. The van der Waals surface area contributed by atoms with E-state index < -0.39 is 6.04 Å². The second-order valence-electron chi connectivity index (χ2n) is 5.91. The fraction of sp³-hybridized carbons (Fsp3) is 0.263. The van der Waals surface area contributed by atoms with Gasteiger partial charge in [0, 0.05) is 6.54 Å². The summed E-state index contributed by atoms with van der Waals surface area (Å²) in [6, 6.07) is 15.6. The van der Waals surface area contributed by atoms with Crippen LogP contribution in [0.15, 0.2) is 54.6 Å². The van der Waals surface area contributed by atoms with Gasteiger partial charge in [-0.1, -0.05) is 42.5 Å². The SMILES string of the molecule is O=C(Nc1ccccc1O)C1CCCN1C(=O)Cc1ccccc1. The van der Waals surface area contributed by atoms with Crippen LogP contribution in [0, 0.1) is 0 Å². The number of hydrogen-bond acceptors (Lipinski definition) is 3. The number of benzene rings is 2. The lowest BCUT2D eigenvalue weighted by molar-refractivity contribution is -0.136. The van der Waals surface area contributed by atoms with Gasteiger partial charge in [0.1, 0.15) is 11.8 Å². The van der Waals surface area contributed by atoms with Crippen LogP contribution < -0.4 is 5.32 Å². The minimum atomic E-state index is -0.485. The molecule has 3 rings (SSSR count). The van der Waals surface area contributed by atoms with Crippen molar-refractivity contribution in [3.63, 3.8) is 0 Å². The van der Waals surface area contributed by atoms with Crippen LogP contribution >= 0.6 is 0 Å². The molecule has 124 valence electrons. The Morgan fingerprint density at radius 1 is 1.08 bits per heavy atom. The molecule has 0 aromatic heterocycles. The molecule has 1 saturated heterocycles. The van der Waals surface area contributed by atoms with Gasteiger partial charge in [0.15, 0.2) is 0 Å². The van der Waals surface area contributed by atoms with E-state index in [1.165, 1.54) is 6.07 Å². The zero-order chi connectivity index (χ0) is 16.9. The number of phenols is 1. The zero-order valence-corrected chi connectivity index (χ0v) is 13.3. The minimum absolute atomic E-state index is 0.0195. The Hall–Kier alpha value is -2.82. The third kappa shape index (κ3) is 3.56. The van der Waals surface area contributed by atoms with Gasteiger partial charge in [-0.05, 0) is 30.5 Å². The molecule has 1 fully saturated rings. The van der Waals surface area contributed by atoms with E-state index in [1.807, 2.05) is 30.3 Å². The standard InChI is InChI=1S/C19H20N2O3/c22-17-11-5-4-9-15(17)20-19(24)16-10-6-12-21(16)18(23)13-14-7-2-1-3-8-14/h1-5,7-9,11,16,22H,6,10,12-13H2,(H,20,24). The molecule has 1 aliphatic heterocycles. The number of para-hydroxylation sites is 2. The average Bonchev–Trinajstić information content (AvgIpc) is 3.08. The highest BCUT2D eigenvalue weighted by Crippen LogP contribution is 2.25. The summed E-state index contributed by atoms with van der Waals surface area (Å²) in [7, 11) is 0. The summed E-state index contributed by atoms with van der Waals surface area (Å²) in [5.74, 6) is -0.280. The minimum Gasteiger partial charge on any atom is -0.506 e. The average molecular weight is 324 g/mol. The molecule has 2 N–H and O–H groups in total. The van der Waals surface area contributed by atoms with Crippen LogP contribution in [0.2, 0.25) is 0 Å². The van der Waals surface area contributed by atoms with Crippen LogP contribution in [0.1, 0.15) is 18.4 Å². The van der Waals surface area contributed by atoms with Gasteiger partial charge in [0.2, 0.25) is 11.8 Å². The summed E-state index contributed by atoms with van der Waals surface area (Å²) in [4.78, 5) is 26.7. The summed E-state index contributed by atoms with van der Waals surface area (Å²) in [5.41, 5.74) is 1.30. The summed E-state index contributed by atoms with van der Waals surface area (Å²) in [6.45, 7) is 0.588. The molecule has 0 aliphatic carbocycles. The second-order valence-corrected chi connectivity index (χ2v) is 5.91. The van der Waals surface area contributed by atoms with Crippen LogP contribution in [0.25, 0.3) is 0 Å². The molecule has 5 heteroatoms. The van der Waals surface area contributed by atoms with Gasteiger partial charge in [-0.3, -0.25) is 9.59 Å². The summed E-state index contributed by atoms with van der Waals surface area (Å²) in [6.07, 6.45) is 1.74. The van der Waals surface area contributed by atoms with Crippen molar-refractivity contribution in [2.45, 2.75) is 25.3 Å². The van der Waals surface area contributed by atoms with Crippen molar-refractivity contribution in [3.8, 4) is 5.75 Å². The Morgan fingerprint density at radius 3 is 2.54 bits per heavy atom. The van der Waals surface area contributed by atoms with E-state index in [1.54, 1.807) is 23.1 Å². The number of carbonyl (C=O) groups excluding carboxylic acids is 2. The number of nitrogens with one attached hydrogen (secondary N) is 1. The molecule has 2 aromatic rings. The highest BCUT2D eigenvalue weighted by Gasteiger charge is 2.34. The number of phenolic OH excluding ortho intramolecular Hbond substituents is 1. The maximum Gasteiger partial charge on any atom is 0.247 e. The third-order valence-electron chi connectivity index (χ3n) is 4.24. The Morgan fingerprint density at radius 2 is 1.79 bits per heavy atom. The molecule has 24 heavy (non-hydrogen) atoms. The first-order valence-electron chi connectivity index (χ1n) is 8.07. The van der Waals surface area contributed by atoms with Gasteiger partial charge in [-0.2, -0.15) is 0 Å². The molecule has 2 aromatic carbocycles. The van der Waals surface area contributed by atoms with E-state index in [9.17, 15) is 14.7 Å². The van der Waals surface area contributed by atoms with Crippen molar-refractivity contribution in [2.24, 2.45) is 0 Å². The molecule has 2 amide bonds. The molecule has 1 atom stereocenters. The van der Waals surface area contributed by atoms with Crippen LogP contribution in [-0.2, 0) is 16.0 Å². The lowest BCUT2D eigenvalue weighted by Gasteiger charge is -2.24. The summed E-state index contributed by atoms with van der Waals surface area (Å²) >= 11 is 0. The van der Waals surface area contributed by atoms with Gasteiger partial charge < -0.3 is 15.3 Å². The van der Waals surface area contributed by atoms with Crippen molar-refractivity contribution >= 4 is 17.5 Å². The van der Waals surface area contributed by atoms with Crippen LogP contribution in [-0.4, -0.2) is 34.4 Å². The van der Waals surface area contributed by atoms with Crippen LogP contribution in [0.3, 0.4) is 0 Å². The number of nitrogens with zero attached hydrogens (tertiary/aromatic N) is 1. The maximum atomic E-state index is 12.5. The Balaban J connectivity index is 1.67. The van der Waals surface area contributed by atoms with Crippen LogP contribution in [0.5, 0.6) is 5.75 Å². The molecule has 1 aliphatic rings. The number of likely N-dealkylation sites (tertiary alicyclic amines) is 1. The second kappa shape index (κ2) is 7.17. The largest absolute Gasteiger partial charge is 0.506 e. The molecule has 0 bridgehead atoms. The normalized spacial score (nSPS) is 16.8. The van der Waals surface area contributed by atoms with E-state index >= 15 is 0 Å². The molecule has 0 spiro atoms. The Labute approximate surface area is 140 Å². The van der Waals surface area contributed by atoms with Gasteiger partial charge in [0.05, 0.1) is 12.1 Å². The predicted molar refractivity (Wildman–Crippen MR) is 91.6 cm³/mol. The molecule has 5 nitrogen and oxygen atoms in total. The monoisotopic (exact) mass is 324 g/mol. The Bertz CT molecular complexity index is 730. The number of carbonyl (C=O) groups is 2. The number of aromatic hydroxyl groups is 1. The maximum absolute atomic E-state index is 12.5. The molecule has 1 heterocycles. The summed E-state index contributed by atoms with van der Waals surface area (Å²) in [5, 5.41) is 12.5. The molecule has 0 saturated carbocycles. The quantitative estimate of drug-likeness (QED) is 0.849. The van der Waals surface area contributed by atoms with E-state index in [4.69, 9.17) is 0 Å². The predicted octanol–water partition coefficient (Wildman–Crippen LogP) is 2.56. The Kier molecular flexibility index (Phi) is 4.79. The highest BCUT2D eigenvalue weighted by atomic mass is 16.3. The van der Waals surface area contributed by atoms with Gasteiger partial charge in [0.25, 0.3) is 0 Å². The van der Waals surface area contributed by atoms with Gasteiger partial charge in [-0.15, -0.1) is 0 Å². The topological polar surface area (TPSA) is 69.6 Å². The number of rotatable bonds is 4. The smallest absolute Gasteiger partial charge is 0.247 e. The van der Waals surface area contributed by atoms with Gasteiger partial charge in [-0.25, -0.2) is 0 Å². The number of anilines is 1. The van der Waals surface area contributed by atoms with E-state index in [-0.39, 0.29) is 17.6 Å². The molecular formula is C19H20N2O3. The number of amides is 2. The number of hydrogen-bond donors (Lipinski definition) is 2. The fourth-order valence-corrected chi connectivity index (χ4v) is 3.01. The molecular weight excluding hydrogens is 304 g/mol. The molecule has 0 radical (unpaired) electrons. The van der Waals surface area contributed by atoms with Crippen molar-refractivity contribution in [3.05, 3.63) is 60.2 Å². The molecule has 1 unspecified atom stereocenters. The first-order valence-corrected chi connectivity index (χ1v) is 8.07.